The Morgan fingerprint density at radius 2 is 0.667 bits per heavy atom. The molecule has 0 aromatic rings. The van der Waals surface area contributed by atoms with E-state index in [1.165, 1.54) is 128 Å². The fraction of sp³-hybridized carbons (Fsp3) is 0.773. The Morgan fingerprint density at radius 1 is 0.372 bits per heavy atom. The van der Waals surface area contributed by atoms with Gasteiger partial charge in [-0.15, -0.1) is 0 Å². The molecule has 0 aliphatic carbocycles. The molecule has 0 radical (unpaired) electrons. The second-order valence-corrected chi connectivity index (χ2v) is 22.7. The molecule has 2 N–H and O–H groups in total. The third kappa shape index (κ3) is 57.6. The van der Waals surface area contributed by atoms with Crippen molar-refractivity contribution < 1.29 is 52.2 Å². The quantitative estimate of drug-likeness (QED) is 0.0197. The number of carbonyl (C=O) groups excluding carboxylic acids is 3. The Hall–Kier alpha value is -3.08. The second-order valence-electron chi connectivity index (χ2n) is 21.2. The van der Waals surface area contributed by atoms with Crippen LogP contribution in [0.15, 0.2) is 72.9 Å². The van der Waals surface area contributed by atoms with Crippen LogP contribution in [0.3, 0.4) is 0 Å². The van der Waals surface area contributed by atoms with Gasteiger partial charge < -0.3 is 24.2 Å². The van der Waals surface area contributed by atoms with Crippen LogP contribution in [0.5, 0.6) is 0 Å². The van der Waals surface area contributed by atoms with E-state index in [0.717, 1.165) is 103 Å². The molecule has 0 aliphatic heterocycles. The zero-order valence-electron chi connectivity index (χ0n) is 50.1. The van der Waals surface area contributed by atoms with Gasteiger partial charge in [0.25, 0.3) is 0 Å². The van der Waals surface area contributed by atoms with E-state index in [4.69, 9.17) is 23.3 Å². The number of esters is 3. The topological polar surface area (TPSA) is 155 Å². The molecule has 78 heavy (non-hydrogen) atoms. The van der Waals surface area contributed by atoms with Gasteiger partial charge in [-0.2, -0.15) is 0 Å². The van der Waals surface area contributed by atoms with Gasteiger partial charge in [-0.25, -0.2) is 4.57 Å². The average Bonchev–Trinajstić information content (AvgIpc) is 3.43. The summed E-state index contributed by atoms with van der Waals surface area (Å²) in [6.07, 6.45) is 68.5. The molecule has 0 amide bonds. The Bertz CT molecular complexity index is 1590. The van der Waals surface area contributed by atoms with Gasteiger partial charge in [0, 0.05) is 19.3 Å². The third-order valence-corrected chi connectivity index (χ3v) is 14.6. The van der Waals surface area contributed by atoms with Crippen molar-refractivity contribution in [2.45, 2.75) is 303 Å². The Morgan fingerprint density at radius 3 is 1.05 bits per heavy atom. The van der Waals surface area contributed by atoms with Crippen LogP contribution in [0.2, 0.25) is 0 Å². The van der Waals surface area contributed by atoms with Gasteiger partial charge in [0.2, 0.25) is 0 Å². The van der Waals surface area contributed by atoms with Crippen LogP contribution in [0.25, 0.3) is 0 Å². The summed E-state index contributed by atoms with van der Waals surface area (Å²) >= 11 is 0. The average molecular weight is 1120 g/mol. The summed E-state index contributed by atoms with van der Waals surface area (Å²) in [5.74, 6) is -1.48. The number of hydrogen-bond acceptors (Lipinski definition) is 10. The van der Waals surface area contributed by atoms with E-state index in [1.807, 2.05) is 0 Å². The summed E-state index contributed by atoms with van der Waals surface area (Å²) in [6.45, 7) is 4.52. The number of rotatable bonds is 59. The van der Waals surface area contributed by atoms with Crippen molar-refractivity contribution in [2.75, 3.05) is 26.4 Å². The first-order valence-electron chi connectivity index (χ1n) is 31.8. The molecule has 452 valence electrons. The van der Waals surface area contributed by atoms with Crippen LogP contribution in [0, 0.1) is 0 Å². The molecule has 0 fully saturated rings. The van der Waals surface area contributed by atoms with Gasteiger partial charge in [0.15, 0.2) is 6.10 Å². The smallest absolute Gasteiger partial charge is 0.462 e. The van der Waals surface area contributed by atoms with Crippen molar-refractivity contribution >= 4 is 25.7 Å². The lowest BCUT2D eigenvalue weighted by Gasteiger charge is -2.21. The summed E-state index contributed by atoms with van der Waals surface area (Å²) in [6, 6.07) is 0. The minimum atomic E-state index is -4.76. The number of phosphoric ester groups is 1. The number of ether oxygens (including phenoxy) is 3. The highest BCUT2D eigenvalue weighted by Crippen LogP contribution is 2.43. The molecule has 0 rings (SSSR count). The molecule has 0 saturated carbocycles. The molecule has 11 nitrogen and oxygen atoms in total. The Balaban J connectivity index is 4.73. The highest BCUT2D eigenvalue weighted by atomic mass is 31.2. The first-order valence-corrected chi connectivity index (χ1v) is 33.3. The lowest BCUT2D eigenvalue weighted by Crippen LogP contribution is -2.30. The summed E-state index contributed by atoms with van der Waals surface area (Å²) in [5.41, 5.74) is 0. The van der Waals surface area contributed by atoms with Crippen LogP contribution in [-0.2, 0) is 42.2 Å². The van der Waals surface area contributed by atoms with E-state index in [0.29, 0.717) is 19.3 Å². The Labute approximate surface area is 478 Å². The van der Waals surface area contributed by atoms with Gasteiger partial charge in [-0.3, -0.25) is 23.4 Å². The minimum absolute atomic E-state index is 0.138. The molecule has 12 heteroatoms. The Kier molecular flexibility index (Phi) is 57.7. The van der Waals surface area contributed by atoms with E-state index in [9.17, 15) is 28.9 Å². The van der Waals surface area contributed by atoms with Crippen molar-refractivity contribution in [3.8, 4) is 0 Å². The lowest BCUT2D eigenvalue weighted by molar-refractivity contribution is -0.161. The van der Waals surface area contributed by atoms with Crippen LogP contribution in [0.4, 0.5) is 0 Å². The van der Waals surface area contributed by atoms with Gasteiger partial charge >= 0.3 is 25.7 Å². The lowest BCUT2D eigenvalue weighted by atomic mass is 10.0. The molecular formula is C66H117O11P. The largest absolute Gasteiger partial charge is 0.472 e. The van der Waals surface area contributed by atoms with Gasteiger partial charge in [0.1, 0.15) is 12.7 Å². The number of aliphatic hydroxyl groups excluding tert-OH is 1. The highest BCUT2D eigenvalue weighted by molar-refractivity contribution is 7.47. The van der Waals surface area contributed by atoms with Crippen LogP contribution in [-0.4, -0.2) is 66.5 Å². The summed E-state index contributed by atoms with van der Waals surface area (Å²) < 4.78 is 39.7. The second kappa shape index (κ2) is 60.0. The normalized spacial score (nSPS) is 13.8. The van der Waals surface area contributed by atoms with Gasteiger partial charge in [0.05, 0.1) is 19.8 Å². The summed E-state index contributed by atoms with van der Waals surface area (Å²) in [4.78, 5) is 48.7. The SMILES string of the molecule is CC/C=C\C/C=C\C/C=C\C/C=C\CCCCCCC(=O)OC(COC(=O)CCCCCCCCCCC/C=C\C/C=C\CCCCC)COP(=O)(O)OCC(CO)OC(=O)CCCCCCCCCCCCCCCCC. The predicted molar refractivity (Wildman–Crippen MR) is 325 cm³/mol. The third-order valence-electron chi connectivity index (χ3n) is 13.6. The van der Waals surface area contributed by atoms with E-state index in [2.05, 4.69) is 93.7 Å². The highest BCUT2D eigenvalue weighted by Gasteiger charge is 2.28. The van der Waals surface area contributed by atoms with Crippen molar-refractivity contribution in [3.05, 3.63) is 72.9 Å². The predicted octanol–water partition coefficient (Wildman–Crippen LogP) is 19.3. The van der Waals surface area contributed by atoms with Crippen molar-refractivity contribution in [1.29, 1.82) is 0 Å². The molecule has 0 aromatic heterocycles. The number of phosphoric acid groups is 1. The number of allylic oxidation sites excluding steroid dienone is 12. The molecule has 0 aliphatic rings. The first kappa shape index (κ1) is 74.9. The van der Waals surface area contributed by atoms with Crippen molar-refractivity contribution in [2.24, 2.45) is 0 Å². The fourth-order valence-electron chi connectivity index (χ4n) is 8.79. The number of aliphatic hydroxyl groups is 1. The number of carbonyl (C=O) groups is 3. The minimum Gasteiger partial charge on any atom is -0.462 e. The molecule has 0 spiro atoms. The zero-order chi connectivity index (χ0) is 56.9. The molecule has 3 unspecified atom stereocenters. The van der Waals surface area contributed by atoms with E-state index < -0.39 is 57.8 Å². The molecule has 0 bridgehead atoms. The van der Waals surface area contributed by atoms with Crippen molar-refractivity contribution in [3.63, 3.8) is 0 Å². The van der Waals surface area contributed by atoms with Crippen LogP contribution < -0.4 is 0 Å². The molecule has 0 heterocycles. The van der Waals surface area contributed by atoms with E-state index in [-0.39, 0.29) is 25.9 Å². The van der Waals surface area contributed by atoms with Crippen LogP contribution in [0.1, 0.15) is 290 Å². The van der Waals surface area contributed by atoms with Crippen LogP contribution >= 0.6 is 7.82 Å². The molecular weight excluding hydrogens is 1000 g/mol. The van der Waals surface area contributed by atoms with E-state index >= 15 is 0 Å². The fourth-order valence-corrected chi connectivity index (χ4v) is 9.57. The molecule has 0 saturated heterocycles. The molecule has 3 atom stereocenters. The zero-order valence-corrected chi connectivity index (χ0v) is 51.0. The summed E-state index contributed by atoms with van der Waals surface area (Å²) in [5, 5.41) is 9.84. The standard InChI is InChI=1S/C66H117O11P/c1-4-7-10-13-16-19-22-25-28-30-31-33-35-37-40-43-46-49-52-55-64(68)73-59-63(77-66(70)57-54-51-48-45-42-39-36-32-29-26-23-20-17-14-11-8-5-2)61-75-78(71,72)74-60-62(58-67)76-65(69)56-53-50-47-44-41-38-34-27-24-21-18-15-12-9-6-3/h8,11,16-17,19-20,25-26,28-29,36,39,62-63,67H,4-7,9-10,12-15,18,21-24,27,30-35,37-38,40-61H2,1-3H3,(H,71,72)/b11-8-,19-16-,20-17-,28-25-,29-26-,39-36-. The van der Waals surface area contributed by atoms with Gasteiger partial charge in [-0.05, 0) is 89.9 Å². The van der Waals surface area contributed by atoms with Gasteiger partial charge in [-0.1, -0.05) is 254 Å². The number of unbranched alkanes of at least 4 members (excludes halogenated alkanes) is 30. The molecule has 0 aromatic carbocycles. The maximum atomic E-state index is 12.9. The van der Waals surface area contributed by atoms with E-state index in [1.54, 1.807) is 0 Å². The maximum Gasteiger partial charge on any atom is 0.472 e. The number of hydrogen-bond donors (Lipinski definition) is 2. The monoisotopic (exact) mass is 1120 g/mol. The first-order chi connectivity index (χ1) is 38.2. The summed E-state index contributed by atoms with van der Waals surface area (Å²) in [7, 11) is -4.76. The van der Waals surface area contributed by atoms with Crippen molar-refractivity contribution in [1.82, 2.24) is 0 Å². The maximum absolute atomic E-state index is 12.9.